The summed E-state index contributed by atoms with van der Waals surface area (Å²) in [6.07, 6.45) is -35.1. The molecule has 2 unspecified atom stereocenters. The number of hydrogen-bond donors (Lipinski definition) is 0. The van der Waals surface area contributed by atoms with E-state index in [1.54, 1.807) is 0 Å². The smallest absolute Gasteiger partial charge is 0.434 e. The molecule has 0 aromatic carbocycles. The first-order chi connectivity index (χ1) is 15.6. The van der Waals surface area contributed by atoms with Gasteiger partial charge < -0.3 is 9.47 Å². The van der Waals surface area contributed by atoms with Crippen molar-refractivity contribution >= 4 is 17.7 Å². The Morgan fingerprint density at radius 3 is 1.20 bits per heavy atom. The number of ether oxygens (including phenoxy) is 2. The van der Waals surface area contributed by atoms with Crippen LogP contribution in [-0.4, -0.2) is 54.6 Å². The Hall–Kier alpha value is -2.23. The lowest BCUT2D eigenvalue weighted by Gasteiger charge is -2.28. The summed E-state index contributed by atoms with van der Waals surface area (Å²) >= 11 is 0. The number of Topliss-reactive ketones (excluding diaryl/α,β-unsaturated/α-hetero) is 1. The third kappa shape index (κ3) is 9.74. The largest absolute Gasteiger partial charge is 0.443 e. The maximum absolute atomic E-state index is 12.4. The van der Waals surface area contributed by atoms with E-state index in [9.17, 15) is 67.1 Å². The van der Waals surface area contributed by atoms with Crippen LogP contribution < -0.4 is 0 Å². The fraction of sp³-hybridized carbons (Fsp3) is 0.833. The zero-order valence-corrected chi connectivity index (χ0v) is 17.3. The van der Waals surface area contributed by atoms with Gasteiger partial charge in [-0.2, -0.15) is 52.7 Å². The fourth-order valence-electron chi connectivity index (χ4n) is 3.41. The number of carbonyl (C=O) groups is 3. The van der Waals surface area contributed by atoms with Crippen molar-refractivity contribution in [2.75, 3.05) is 0 Å². The van der Waals surface area contributed by atoms with Crippen LogP contribution in [0.1, 0.15) is 44.9 Å². The van der Waals surface area contributed by atoms with Crippen molar-refractivity contribution in [3.8, 4) is 0 Å². The van der Waals surface area contributed by atoms with Gasteiger partial charge in [0, 0.05) is 24.7 Å². The lowest BCUT2D eigenvalue weighted by atomic mass is 9.76. The third-order valence-electron chi connectivity index (χ3n) is 4.99. The molecule has 1 fully saturated rings. The molecule has 0 amide bonds. The van der Waals surface area contributed by atoms with Gasteiger partial charge in [-0.05, 0) is 25.7 Å². The van der Waals surface area contributed by atoms with Crippen molar-refractivity contribution in [1.82, 2.24) is 0 Å². The minimum atomic E-state index is -5.93. The molecule has 0 bridgehead atoms. The highest BCUT2D eigenvalue weighted by molar-refractivity contribution is 5.85. The van der Waals surface area contributed by atoms with Crippen LogP contribution in [0.2, 0.25) is 0 Å². The Morgan fingerprint density at radius 2 is 0.943 bits per heavy atom. The molecule has 1 aliphatic carbocycles. The van der Waals surface area contributed by atoms with Gasteiger partial charge in [-0.15, -0.1) is 0 Å². The Morgan fingerprint density at radius 1 is 0.657 bits per heavy atom. The van der Waals surface area contributed by atoms with Gasteiger partial charge in [-0.1, -0.05) is 6.42 Å². The molecule has 0 aromatic rings. The Kier molecular flexibility index (Phi) is 9.88. The maximum Gasteiger partial charge on any atom is 0.434 e. The molecule has 1 rings (SSSR count). The van der Waals surface area contributed by atoms with Gasteiger partial charge in [0.05, 0.1) is 0 Å². The van der Waals surface area contributed by atoms with Crippen LogP contribution in [-0.2, 0) is 23.9 Å². The van der Waals surface area contributed by atoms with Gasteiger partial charge in [0.25, 0.3) is 12.2 Å². The highest BCUT2D eigenvalue weighted by Crippen LogP contribution is 2.38. The quantitative estimate of drug-likeness (QED) is 0.295. The van der Waals surface area contributed by atoms with Crippen molar-refractivity contribution in [2.45, 2.75) is 81.9 Å². The maximum atomic E-state index is 12.4. The number of halogens is 12. The molecule has 0 N–H and O–H groups in total. The van der Waals surface area contributed by atoms with E-state index < -0.39 is 92.2 Å². The molecular weight excluding hydrogens is 524 g/mol. The predicted octanol–water partition coefficient (Wildman–Crippen LogP) is 5.61. The average Bonchev–Trinajstić information content (AvgIpc) is 2.65. The summed E-state index contributed by atoms with van der Waals surface area (Å²) in [5.41, 5.74) is 0. The summed E-state index contributed by atoms with van der Waals surface area (Å²) in [6.45, 7) is 0. The van der Waals surface area contributed by atoms with E-state index in [0.717, 1.165) is 0 Å². The number of ketones is 1. The van der Waals surface area contributed by atoms with Crippen molar-refractivity contribution in [3.63, 3.8) is 0 Å². The van der Waals surface area contributed by atoms with Crippen LogP contribution in [0.25, 0.3) is 0 Å². The zero-order valence-electron chi connectivity index (χ0n) is 17.3. The summed E-state index contributed by atoms with van der Waals surface area (Å²) in [4.78, 5) is 35.4. The Bertz CT molecular complexity index is 665. The molecule has 2 atom stereocenters. The SMILES string of the molecule is O=C(CCC1CCCC(CCC(=O)OC(C(F)(F)F)C(F)(F)F)C1=O)OC(C(F)(F)F)C(F)(F)F. The molecule has 0 heterocycles. The summed E-state index contributed by atoms with van der Waals surface area (Å²) in [7, 11) is 0. The number of alkyl halides is 12. The van der Waals surface area contributed by atoms with Crippen molar-refractivity contribution in [2.24, 2.45) is 11.8 Å². The molecule has 1 saturated carbocycles. The standard InChI is InChI=1S/C18H18F12O5/c19-15(20,21)13(16(22,23)24)34-10(31)6-4-8-2-1-3-9(12(8)33)5-7-11(32)35-14(17(25,26)27)18(28,29)30/h8-9,13-14H,1-7H2. The zero-order chi connectivity index (χ0) is 27.4. The third-order valence-corrected chi connectivity index (χ3v) is 4.99. The van der Waals surface area contributed by atoms with E-state index in [4.69, 9.17) is 0 Å². The van der Waals surface area contributed by atoms with E-state index >= 15 is 0 Å². The van der Waals surface area contributed by atoms with Gasteiger partial charge >= 0.3 is 36.6 Å². The molecule has 0 spiro atoms. The van der Waals surface area contributed by atoms with E-state index in [-0.39, 0.29) is 19.3 Å². The predicted molar refractivity (Wildman–Crippen MR) is 88.3 cm³/mol. The van der Waals surface area contributed by atoms with Gasteiger partial charge in [0.15, 0.2) is 0 Å². The molecule has 0 radical (unpaired) electrons. The van der Waals surface area contributed by atoms with E-state index in [1.807, 2.05) is 0 Å². The number of carbonyl (C=O) groups excluding carboxylic acids is 3. The lowest BCUT2D eigenvalue weighted by molar-refractivity contribution is -0.314. The van der Waals surface area contributed by atoms with Crippen LogP contribution >= 0.6 is 0 Å². The van der Waals surface area contributed by atoms with Crippen LogP contribution in [0.4, 0.5) is 52.7 Å². The topological polar surface area (TPSA) is 69.7 Å². The van der Waals surface area contributed by atoms with Crippen molar-refractivity contribution < 1.29 is 76.5 Å². The molecule has 17 heteroatoms. The minimum Gasteiger partial charge on any atom is -0.443 e. The number of hydrogen-bond acceptors (Lipinski definition) is 5. The fourth-order valence-corrected chi connectivity index (χ4v) is 3.41. The van der Waals surface area contributed by atoms with Crippen LogP contribution in [0.5, 0.6) is 0 Å². The lowest BCUT2D eigenvalue weighted by Crippen LogP contribution is -2.45. The first-order valence-corrected chi connectivity index (χ1v) is 9.83. The highest BCUT2D eigenvalue weighted by Gasteiger charge is 2.60. The molecule has 0 aliphatic heterocycles. The first-order valence-electron chi connectivity index (χ1n) is 9.83. The van der Waals surface area contributed by atoms with Crippen LogP contribution in [0, 0.1) is 11.8 Å². The highest BCUT2D eigenvalue weighted by atomic mass is 19.4. The summed E-state index contributed by atoms with van der Waals surface area (Å²) in [5.74, 6) is -6.55. The minimum absolute atomic E-state index is 0.0687. The second kappa shape index (κ2) is 11.2. The number of rotatable bonds is 8. The molecule has 35 heavy (non-hydrogen) atoms. The van der Waals surface area contributed by atoms with Gasteiger partial charge in [0.2, 0.25) is 0 Å². The van der Waals surface area contributed by atoms with Crippen LogP contribution in [0.3, 0.4) is 0 Å². The second-order valence-corrected chi connectivity index (χ2v) is 7.71. The average molecular weight is 542 g/mol. The molecular formula is C18H18F12O5. The van der Waals surface area contributed by atoms with Crippen molar-refractivity contribution in [1.29, 1.82) is 0 Å². The first kappa shape index (κ1) is 30.8. The van der Waals surface area contributed by atoms with E-state index in [0.29, 0.717) is 0 Å². The Balaban J connectivity index is 2.64. The van der Waals surface area contributed by atoms with E-state index in [1.165, 1.54) is 0 Å². The normalized spacial score (nSPS) is 20.3. The summed E-state index contributed by atoms with van der Waals surface area (Å²) in [5, 5.41) is 0. The van der Waals surface area contributed by atoms with Gasteiger partial charge in [0.1, 0.15) is 5.78 Å². The van der Waals surface area contributed by atoms with Crippen molar-refractivity contribution in [3.05, 3.63) is 0 Å². The second-order valence-electron chi connectivity index (χ2n) is 7.71. The van der Waals surface area contributed by atoms with Gasteiger partial charge in [-0.3, -0.25) is 14.4 Å². The monoisotopic (exact) mass is 542 g/mol. The summed E-state index contributed by atoms with van der Waals surface area (Å²) in [6, 6.07) is 0. The Labute approximate surface area is 189 Å². The van der Waals surface area contributed by atoms with Crippen LogP contribution in [0.15, 0.2) is 0 Å². The molecule has 0 saturated heterocycles. The van der Waals surface area contributed by atoms with E-state index in [2.05, 4.69) is 9.47 Å². The van der Waals surface area contributed by atoms with Gasteiger partial charge in [-0.25, -0.2) is 0 Å². The molecule has 0 aromatic heterocycles. The summed E-state index contributed by atoms with van der Waals surface area (Å²) < 4.78 is 156. The molecule has 204 valence electrons. The number of esters is 2. The molecule has 1 aliphatic rings. The molecule has 5 nitrogen and oxygen atoms in total.